The van der Waals surface area contributed by atoms with Crippen molar-refractivity contribution in [1.29, 1.82) is 0 Å². The fourth-order valence-corrected chi connectivity index (χ4v) is 2.00. The van der Waals surface area contributed by atoms with Gasteiger partial charge in [-0.1, -0.05) is 36.4 Å². The van der Waals surface area contributed by atoms with E-state index in [2.05, 4.69) is 29.6 Å². The summed E-state index contributed by atoms with van der Waals surface area (Å²) in [5.74, 6) is 0.539. The van der Waals surface area contributed by atoms with Crippen LogP contribution in [-0.2, 0) is 11.2 Å². The van der Waals surface area contributed by atoms with Gasteiger partial charge in [0.1, 0.15) is 5.75 Å². The molecule has 4 nitrogen and oxygen atoms in total. The summed E-state index contributed by atoms with van der Waals surface area (Å²) < 4.78 is 5.37. The number of nitrogens with one attached hydrogen (secondary N) is 1. The summed E-state index contributed by atoms with van der Waals surface area (Å²) in [6, 6.07) is 16.1. The first-order valence-corrected chi connectivity index (χ1v) is 6.96. The predicted octanol–water partition coefficient (Wildman–Crippen LogP) is 1.98. The smallest absolute Gasteiger partial charge is 0.257 e. The second-order valence-corrected chi connectivity index (χ2v) is 4.72. The molecule has 2 aromatic carbocycles. The summed E-state index contributed by atoms with van der Waals surface area (Å²) in [5, 5.41) is 2.52. The van der Waals surface area contributed by atoms with Crippen molar-refractivity contribution in [2.24, 2.45) is 5.73 Å². The van der Waals surface area contributed by atoms with Crippen molar-refractivity contribution in [1.82, 2.24) is 5.32 Å². The maximum absolute atomic E-state index is 11.1. The number of hydrogen-bond donors (Lipinski definition) is 2. The van der Waals surface area contributed by atoms with Crippen molar-refractivity contribution < 1.29 is 9.53 Å². The molecule has 0 fully saturated rings. The molecule has 0 heterocycles. The maximum atomic E-state index is 11.1. The number of ether oxygens (including phenoxy) is 1. The van der Waals surface area contributed by atoms with E-state index in [-0.39, 0.29) is 12.5 Å². The molecule has 0 saturated carbocycles. The van der Waals surface area contributed by atoms with Gasteiger partial charge in [0.05, 0.1) is 0 Å². The van der Waals surface area contributed by atoms with Crippen LogP contribution in [0.4, 0.5) is 0 Å². The SMILES string of the molecule is CNC(=O)COc1ccc(-c2ccc(CCN)cc2)cc1. The number of carbonyl (C=O) groups excluding carboxylic acids is 1. The maximum Gasteiger partial charge on any atom is 0.257 e. The van der Waals surface area contributed by atoms with Crippen LogP contribution in [-0.4, -0.2) is 26.1 Å². The summed E-state index contributed by atoms with van der Waals surface area (Å²) in [7, 11) is 1.59. The zero-order chi connectivity index (χ0) is 15.1. The highest BCUT2D eigenvalue weighted by atomic mass is 16.5. The van der Waals surface area contributed by atoms with E-state index in [0.29, 0.717) is 12.3 Å². The van der Waals surface area contributed by atoms with E-state index in [0.717, 1.165) is 17.5 Å². The summed E-state index contributed by atoms with van der Waals surface area (Å²) in [5.41, 5.74) is 9.05. The highest BCUT2D eigenvalue weighted by Crippen LogP contribution is 2.22. The topological polar surface area (TPSA) is 64.3 Å². The van der Waals surface area contributed by atoms with Gasteiger partial charge < -0.3 is 15.8 Å². The van der Waals surface area contributed by atoms with Crippen LogP contribution in [0, 0.1) is 0 Å². The van der Waals surface area contributed by atoms with Gasteiger partial charge in [-0.05, 0) is 41.8 Å². The summed E-state index contributed by atoms with van der Waals surface area (Å²) >= 11 is 0. The molecule has 1 amide bonds. The number of carbonyl (C=O) groups is 1. The molecule has 0 spiro atoms. The Balaban J connectivity index is 2.02. The van der Waals surface area contributed by atoms with Gasteiger partial charge in [-0.25, -0.2) is 0 Å². The lowest BCUT2D eigenvalue weighted by atomic mass is 10.0. The van der Waals surface area contributed by atoms with Gasteiger partial charge in [-0.15, -0.1) is 0 Å². The van der Waals surface area contributed by atoms with Crippen LogP contribution in [0.15, 0.2) is 48.5 Å². The molecule has 3 N–H and O–H groups in total. The Morgan fingerprint density at radius 1 is 1.05 bits per heavy atom. The van der Waals surface area contributed by atoms with Crippen LogP contribution in [0.2, 0.25) is 0 Å². The Hall–Kier alpha value is -2.33. The monoisotopic (exact) mass is 284 g/mol. The van der Waals surface area contributed by atoms with E-state index in [1.54, 1.807) is 7.05 Å². The minimum absolute atomic E-state index is 0.0314. The molecule has 0 aliphatic rings. The zero-order valence-electron chi connectivity index (χ0n) is 12.1. The van der Waals surface area contributed by atoms with Gasteiger partial charge in [0.2, 0.25) is 0 Å². The molecular weight excluding hydrogens is 264 g/mol. The van der Waals surface area contributed by atoms with Gasteiger partial charge in [-0.2, -0.15) is 0 Å². The molecule has 0 radical (unpaired) electrons. The molecule has 2 rings (SSSR count). The average molecular weight is 284 g/mol. The number of amides is 1. The predicted molar refractivity (Wildman–Crippen MR) is 84.2 cm³/mol. The van der Waals surface area contributed by atoms with Gasteiger partial charge >= 0.3 is 0 Å². The lowest BCUT2D eigenvalue weighted by Gasteiger charge is -2.07. The van der Waals surface area contributed by atoms with Gasteiger partial charge in [-0.3, -0.25) is 4.79 Å². The van der Waals surface area contributed by atoms with Crippen molar-refractivity contribution in [2.75, 3.05) is 20.2 Å². The summed E-state index contributed by atoms with van der Waals surface area (Å²) in [6.45, 7) is 0.695. The number of likely N-dealkylation sites (N-methyl/N-ethyl adjacent to an activating group) is 1. The average Bonchev–Trinajstić information content (AvgIpc) is 2.54. The molecular formula is C17H20N2O2. The molecule has 0 aliphatic carbocycles. The molecule has 110 valence electrons. The summed E-state index contributed by atoms with van der Waals surface area (Å²) in [6.07, 6.45) is 0.895. The van der Waals surface area contributed by atoms with Crippen molar-refractivity contribution in [3.8, 4) is 16.9 Å². The van der Waals surface area contributed by atoms with Gasteiger partial charge in [0.15, 0.2) is 6.61 Å². The molecule has 21 heavy (non-hydrogen) atoms. The quantitative estimate of drug-likeness (QED) is 0.852. The van der Waals surface area contributed by atoms with E-state index in [4.69, 9.17) is 10.5 Å². The first-order valence-electron chi connectivity index (χ1n) is 6.96. The van der Waals surface area contributed by atoms with E-state index in [9.17, 15) is 4.79 Å². The van der Waals surface area contributed by atoms with Crippen LogP contribution in [0.3, 0.4) is 0 Å². The second-order valence-electron chi connectivity index (χ2n) is 4.72. The second kappa shape index (κ2) is 7.45. The largest absolute Gasteiger partial charge is 0.484 e. The number of benzene rings is 2. The Labute approximate surface area is 124 Å². The standard InChI is InChI=1S/C17H20N2O2/c1-19-17(20)12-21-16-8-6-15(7-9-16)14-4-2-13(3-5-14)10-11-18/h2-9H,10-12,18H2,1H3,(H,19,20). The molecule has 0 bridgehead atoms. The van der Waals surface area contributed by atoms with Crippen molar-refractivity contribution in [3.63, 3.8) is 0 Å². The lowest BCUT2D eigenvalue weighted by Crippen LogP contribution is -2.24. The molecule has 0 saturated heterocycles. The molecule has 0 aliphatic heterocycles. The highest BCUT2D eigenvalue weighted by Gasteiger charge is 2.02. The first-order chi connectivity index (χ1) is 10.2. The number of hydrogen-bond acceptors (Lipinski definition) is 3. The van der Waals surface area contributed by atoms with Crippen LogP contribution in [0.1, 0.15) is 5.56 Å². The van der Waals surface area contributed by atoms with Crippen molar-refractivity contribution in [3.05, 3.63) is 54.1 Å². The highest BCUT2D eigenvalue weighted by molar-refractivity contribution is 5.77. The third-order valence-corrected chi connectivity index (χ3v) is 3.22. The molecule has 2 aromatic rings. The van der Waals surface area contributed by atoms with Crippen molar-refractivity contribution >= 4 is 5.91 Å². The van der Waals surface area contributed by atoms with E-state index < -0.39 is 0 Å². The fraction of sp³-hybridized carbons (Fsp3) is 0.235. The zero-order valence-corrected chi connectivity index (χ0v) is 12.1. The van der Waals surface area contributed by atoms with Crippen LogP contribution < -0.4 is 15.8 Å². The van der Waals surface area contributed by atoms with E-state index in [1.807, 2.05) is 24.3 Å². The molecule has 0 unspecified atom stereocenters. The minimum atomic E-state index is -0.144. The van der Waals surface area contributed by atoms with Crippen LogP contribution in [0.25, 0.3) is 11.1 Å². The van der Waals surface area contributed by atoms with E-state index in [1.165, 1.54) is 5.56 Å². The normalized spacial score (nSPS) is 10.2. The fourth-order valence-electron chi connectivity index (χ4n) is 2.00. The Morgan fingerprint density at radius 2 is 1.62 bits per heavy atom. The molecule has 0 aromatic heterocycles. The van der Waals surface area contributed by atoms with E-state index >= 15 is 0 Å². The van der Waals surface area contributed by atoms with Crippen molar-refractivity contribution in [2.45, 2.75) is 6.42 Å². The minimum Gasteiger partial charge on any atom is -0.484 e. The van der Waals surface area contributed by atoms with Gasteiger partial charge in [0.25, 0.3) is 5.91 Å². The Kier molecular flexibility index (Phi) is 5.35. The lowest BCUT2D eigenvalue weighted by molar-refractivity contribution is -0.122. The summed E-state index contributed by atoms with van der Waals surface area (Å²) in [4.78, 5) is 11.1. The third-order valence-electron chi connectivity index (χ3n) is 3.22. The molecule has 4 heteroatoms. The molecule has 0 atom stereocenters. The van der Waals surface area contributed by atoms with Gasteiger partial charge in [0, 0.05) is 7.05 Å². The first kappa shape index (κ1) is 15.1. The number of nitrogens with two attached hydrogens (primary N) is 1. The Bertz CT molecular complexity index is 577. The Morgan fingerprint density at radius 3 is 2.14 bits per heavy atom. The third kappa shape index (κ3) is 4.33. The van der Waals surface area contributed by atoms with Crippen LogP contribution in [0.5, 0.6) is 5.75 Å². The number of rotatable bonds is 6. The van der Waals surface area contributed by atoms with Crippen LogP contribution >= 0.6 is 0 Å².